The summed E-state index contributed by atoms with van der Waals surface area (Å²) in [5.41, 5.74) is 0. The van der Waals surface area contributed by atoms with Gasteiger partial charge in [0.2, 0.25) is 0 Å². The molecular formula is C20H26BrClO2. The zero-order valence-corrected chi connectivity index (χ0v) is 16.7. The number of ether oxygens (including phenoxy) is 2. The molecule has 0 aliphatic heterocycles. The Kier molecular flexibility index (Phi) is 8.76. The molecule has 132 valence electrons. The number of alkyl halides is 1. The van der Waals surface area contributed by atoms with Crippen LogP contribution in [0.4, 0.5) is 0 Å². The molecule has 0 bridgehead atoms. The number of hydrogen-bond donors (Lipinski definition) is 0. The average molecular weight is 414 g/mol. The Morgan fingerprint density at radius 3 is 2.50 bits per heavy atom. The van der Waals surface area contributed by atoms with Crippen molar-refractivity contribution >= 4 is 38.3 Å². The predicted octanol–water partition coefficient (Wildman–Crippen LogP) is 7.01. The maximum absolute atomic E-state index is 6.51. The molecule has 0 amide bonds. The van der Waals surface area contributed by atoms with Crippen LogP contribution >= 0.6 is 27.5 Å². The summed E-state index contributed by atoms with van der Waals surface area (Å²) in [5, 5.41) is 3.83. The summed E-state index contributed by atoms with van der Waals surface area (Å²) in [6, 6.07) is 10.1. The summed E-state index contributed by atoms with van der Waals surface area (Å²) >= 11 is 9.95. The SMILES string of the molecule is CCCCCOc1ccc2c(Cl)c(OCCCCCBr)ccc2c1. The topological polar surface area (TPSA) is 18.5 Å². The maximum Gasteiger partial charge on any atom is 0.138 e. The first kappa shape index (κ1) is 19.4. The zero-order chi connectivity index (χ0) is 17.2. The second kappa shape index (κ2) is 10.8. The van der Waals surface area contributed by atoms with E-state index in [0.29, 0.717) is 11.6 Å². The molecule has 0 aliphatic carbocycles. The first-order chi connectivity index (χ1) is 11.8. The highest BCUT2D eigenvalue weighted by Crippen LogP contribution is 2.34. The monoisotopic (exact) mass is 412 g/mol. The predicted molar refractivity (Wildman–Crippen MR) is 107 cm³/mol. The number of unbranched alkanes of at least 4 members (excludes halogenated alkanes) is 4. The van der Waals surface area contributed by atoms with E-state index >= 15 is 0 Å². The van der Waals surface area contributed by atoms with Crippen LogP contribution in [0.15, 0.2) is 30.3 Å². The highest BCUT2D eigenvalue weighted by atomic mass is 79.9. The molecular weight excluding hydrogens is 388 g/mol. The standard InChI is InChI=1S/C20H26BrClO2/c1-2-3-6-13-23-17-9-10-18-16(15-17)8-11-19(20(18)22)24-14-7-4-5-12-21/h8-11,15H,2-7,12-14H2,1H3. The van der Waals surface area contributed by atoms with E-state index in [9.17, 15) is 0 Å². The lowest BCUT2D eigenvalue weighted by Gasteiger charge is -2.11. The van der Waals surface area contributed by atoms with Gasteiger partial charge in [-0.25, -0.2) is 0 Å². The molecule has 0 atom stereocenters. The molecule has 0 N–H and O–H groups in total. The van der Waals surface area contributed by atoms with Crippen LogP contribution in [0.25, 0.3) is 10.8 Å². The molecule has 0 aromatic heterocycles. The van der Waals surface area contributed by atoms with Crippen LogP contribution in [0, 0.1) is 0 Å². The van der Waals surface area contributed by atoms with E-state index in [4.69, 9.17) is 21.1 Å². The highest BCUT2D eigenvalue weighted by Gasteiger charge is 2.08. The molecule has 0 spiro atoms. The normalized spacial score (nSPS) is 11.0. The van der Waals surface area contributed by atoms with Gasteiger partial charge < -0.3 is 9.47 Å². The lowest BCUT2D eigenvalue weighted by atomic mass is 10.1. The third-order valence-corrected chi connectivity index (χ3v) is 4.89. The fraction of sp³-hybridized carbons (Fsp3) is 0.500. The van der Waals surface area contributed by atoms with Crippen LogP contribution in [0.2, 0.25) is 5.02 Å². The molecule has 2 aromatic rings. The van der Waals surface area contributed by atoms with Gasteiger partial charge in [-0.05, 0) is 55.3 Å². The largest absolute Gasteiger partial charge is 0.494 e. The minimum Gasteiger partial charge on any atom is -0.494 e. The van der Waals surface area contributed by atoms with Crippen LogP contribution in [-0.4, -0.2) is 18.5 Å². The van der Waals surface area contributed by atoms with Gasteiger partial charge in [-0.1, -0.05) is 53.4 Å². The number of rotatable bonds is 11. The van der Waals surface area contributed by atoms with Crippen molar-refractivity contribution < 1.29 is 9.47 Å². The Morgan fingerprint density at radius 2 is 1.71 bits per heavy atom. The van der Waals surface area contributed by atoms with E-state index in [1.807, 2.05) is 30.3 Å². The molecule has 0 saturated carbocycles. The summed E-state index contributed by atoms with van der Waals surface area (Å²) in [7, 11) is 0. The van der Waals surface area contributed by atoms with Gasteiger partial charge >= 0.3 is 0 Å². The van der Waals surface area contributed by atoms with Crippen LogP contribution in [0.3, 0.4) is 0 Å². The van der Waals surface area contributed by atoms with Gasteiger partial charge in [0, 0.05) is 10.7 Å². The Bertz CT molecular complexity index is 630. The summed E-state index contributed by atoms with van der Waals surface area (Å²) in [4.78, 5) is 0. The second-order valence-electron chi connectivity index (χ2n) is 5.91. The highest BCUT2D eigenvalue weighted by molar-refractivity contribution is 9.09. The van der Waals surface area contributed by atoms with Crippen molar-refractivity contribution in [3.8, 4) is 11.5 Å². The molecule has 4 heteroatoms. The van der Waals surface area contributed by atoms with E-state index in [1.54, 1.807) is 0 Å². The molecule has 2 aromatic carbocycles. The van der Waals surface area contributed by atoms with Crippen molar-refractivity contribution in [3.05, 3.63) is 35.4 Å². The molecule has 0 fully saturated rings. The Hall–Kier alpha value is -0.930. The fourth-order valence-electron chi connectivity index (χ4n) is 2.55. The van der Waals surface area contributed by atoms with Crippen LogP contribution in [0.1, 0.15) is 45.4 Å². The maximum atomic E-state index is 6.51. The van der Waals surface area contributed by atoms with Gasteiger partial charge in [-0.15, -0.1) is 0 Å². The zero-order valence-electron chi connectivity index (χ0n) is 14.3. The molecule has 0 unspecified atom stereocenters. The van der Waals surface area contributed by atoms with E-state index in [-0.39, 0.29) is 0 Å². The molecule has 0 heterocycles. The van der Waals surface area contributed by atoms with Crippen LogP contribution in [0.5, 0.6) is 11.5 Å². The quantitative estimate of drug-likeness (QED) is 0.291. The Morgan fingerprint density at radius 1 is 0.917 bits per heavy atom. The molecule has 24 heavy (non-hydrogen) atoms. The van der Waals surface area contributed by atoms with E-state index in [1.165, 1.54) is 19.3 Å². The van der Waals surface area contributed by atoms with E-state index < -0.39 is 0 Å². The Labute approximate surface area is 158 Å². The van der Waals surface area contributed by atoms with E-state index in [0.717, 1.165) is 53.5 Å². The first-order valence-electron chi connectivity index (χ1n) is 8.80. The van der Waals surface area contributed by atoms with E-state index in [2.05, 4.69) is 22.9 Å². The first-order valence-corrected chi connectivity index (χ1v) is 10.3. The van der Waals surface area contributed by atoms with Gasteiger partial charge in [0.25, 0.3) is 0 Å². The summed E-state index contributed by atoms with van der Waals surface area (Å²) in [5.74, 6) is 1.66. The summed E-state index contributed by atoms with van der Waals surface area (Å²) < 4.78 is 11.6. The number of benzene rings is 2. The minimum atomic E-state index is 0.686. The summed E-state index contributed by atoms with van der Waals surface area (Å²) in [6.45, 7) is 3.67. The van der Waals surface area contributed by atoms with Crippen molar-refractivity contribution in [1.29, 1.82) is 0 Å². The third kappa shape index (κ3) is 5.86. The van der Waals surface area contributed by atoms with Crippen molar-refractivity contribution in [2.45, 2.75) is 45.4 Å². The molecule has 0 radical (unpaired) electrons. The van der Waals surface area contributed by atoms with Crippen molar-refractivity contribution in [2.24, 2.45) is 0 Å². The lowest BCUT2D eigenvalue weighted by molar-refractivity contribution is 0.306. The number of hydrogen-bond acceptors (Lipinski definition) is 2. The smallest absolute Gasteiger partial charge is 0.138 e. The van der Waals surface area contributed by atoms with Crippen molar-refractivity contribution in [1.82, 2.24) is 0 Å². The molecule has 2 nitrogen and oxygen atoms in total. The average Bonchev–Trinajstić information content (AvgIpc) is 2.60. The molecule has 0 aliphatic rings. The molecule has 2 rings (SSSR count). The van der Waals surface area contributed by atoms with Gasteiger partial charge in [-0.2, -0.15) is 0 Å². The van der Waals surface area contributed by atoms with Crippen molar-refractivity contribution in [3.63, 3.8) is 0 Å². The van der Waals surface area contributed by atoms with Crippen LogP contribution in [-0.2, 0) is 0 Å². The molecule has 0 saturated heterocycles. The second-order valence-corrected chi connectivity index (χ2v) is 7.09. The number of fused-ring (bicyclic) bond motifs is 1. The van der Waals surface area contributed by atoms with Gasteiger partial charge in [0.1, 0.15) is 11.5 Å². The third-order valence-electron chi connectivity index (χ3n) is 3.94. The van der Waals surface area contributed by atoms with Crippen molar-refractivity contribution in [2.75, 3.05) is 18.5 Å². The lowest BCUT2D eigenvalue weighted by Crippen LogP contribution is -1.99. The van der Waals surface area contributed by atoms with Gasteiger partial charge in [0.15, 0.2) is 0 Å². The minimum absolute atomic E-state index is 0.686. The van der Waals surface area contributed by atoms with Gasteiger partial charge in [-0.3, -0.25) is 0 Å². The van der Waals surface area contributed by atoms with Crippen LogP contribution < -0.4 is 9.47 Å². The summed E-state index contributed by atoms with van der Waals surface area (Å²) in [6.07, 6.45) is 6.89. The van der Waals surface area contributed by atoms with Gasteiger partial charge in [0.05, 0.1) is 18.2 Å². The Balaban J connectivity index is 1.98. The fourth-order valence-corrected chi connectivity index (χ4v) is 3.23. The number of halogens is 2.